The highest BCUT2D eigenvalue weighted by atomic mass is 35.5. The Bertz CT molecular complexity index is 791. The zero-order valence-electron chi connectivity index (χ0n) is 11.2. The van der Waals surface area contributed by atoms with Gasteiger partial charge in [0.1, 0.15) is 11.7 Å². The zero-order valence-corrected chi connectivity index (χ0v) is 11.9. The standard InChI is InChI=1S/C15H14ClN5/c16-10-3-6-12-13(7-10)21-14(20-12)8-19-11-4-1-9(2-5-11)15(17)18/h1-7,19H,8H2,(H3,17,18)(H,20,21). The van der Waals surface area contributed by atoms with Crippen LogP contribution in [0, 0.1) is 5.41 Å². The number of rotatable bonds is 4. The number of hydrogen-bond acceptors (Lipinski definition) is 3. The van der Waals surface area contributed by atoms with Crippen molar-refractivity contribution in [3.63, 3.8) is 0 Å². The molecule has 0 unspecified atom stereocenters. The van der Waals surface area contributed by atoms with Gasteiger partial charge in [-0.3, -0.25) is 5.41 Å². The summed E-state index contributed by atoms with van der Waals surface area (Å²) in [5.41, 5.74) is 8.89. The Balaban J connectivity index is 1.72. The Hall–Kier alpha value is -2.53. The van der Waals surface area contributed by atoms with Gasteiger partial charge in [0, 0.05) is 16.3 Å². The molecule has 0 amide bonds. The first-order valence-electron chi connectivity index (χ1n) is 6.44. The van der Waals surface area contributed by atoms with Crippen molar-refractivity contribution < 1.29 is 0 Å². The minimum absolute atomic E-state index is 0.0655. The molecule has 5 N–H and O–H groups in total. The molecule has 0 saturated carbocycles. The third-order valence-electron chi connectivity index (χ3n) is 3.15. The van der Waals surface area contributed by atoms with E-state index in [1.54, 1.807) is 0 Å². The number of H-pyrrole nitrogens is 1. The van der Waals surface area contributed by atoms with Crippen molar-refractivity contribution in [2.45, 2.75) is 6.54 Å². The van der Waals surface area contributed by atoms with Crippen LogP contribution in [0.2, 0.25) is 5.02 Å². The SMILES string of the molecule is N=C(N)c1ccc(NCc2nc3ccc(Cl)cc3[nH]2)cc1. The monoisotopic (exact) mass is 299 g/mol. The van der Waals surface area contributed by atoms with Crippen LogP contribution in [-0.2, 0) is 6.54 Å². The third-order valence-corrected chi connectivity index (χ3v) is 3.38. The molecule has 1 heterocycles. The predicted octanol–water partition coefficient (Wildman–Crippen LogP) is 3.11. The van der Waals surface area contributed by atoms with Crippen LogP contribution in [0.4, 0.5) is 5.69 Å². The zero-order chi connectivity index (χ0) is 14.8. The Morgan fingerprint density at radius 3 is 2.71 bits per heavy atom. The van der Waals surface area contributed by atoms with Gasteiger partial charge in [0.2, 0.25) is 0 Å². The molecule has 3 aromatic rings. The van der Waals surface area contributed by atoms with Crippen molar-refractivity contribution in [2.24, 2.45) is 5.73 Å². The van der Waals surface area contributed by atoms with E-state index in [1.165, 1.54) is 0 Å². The number of aromatic nitrogens is 2. The normalized spacial score (nSPS) is 10.7. The van der Waals surface area contributed by atoms with E-state index >= 15 is 0 Å². The van der Waals surface area contributed by atoms with Crippen LogP contribution in [0.1, 0.15) is 11.4 Å². The summed E-state index contributed by atoms with van der Waals surface area (Å²) >= 11 is 5.95. The molecule has 0 spiro atoms. The number of imidazole rings is 1. The number of hydrogen-bond donors (Lipinski definition) is 4. The second-order valence-corrected chi connectivity index (χ2v) is 5.13. The van der Waals surface area contributed by atoms with E-state index in [0.29, 0.717) is 17.1 Å². The smallest absolute Gasteiger partial charge is 0.126 e. The highest BCUT2D eigenvalue weighted by Crippen LogP contribution is 2.18. The lowest BCUT2D eigenvalue weighted by Crippen LogP contribution is -2.10. The van der Waals surface area contributed by atoms with Gasteiger partial charge in [0.25, 0.3) is 0 Å². The van der Waals surface area contributed by atoms with Crippen molar-refractivity contribution in [3.05, 3.63) is 58.9 Å². The van der Waals surface area contributed by atoms with Gasteiger partial charge in [-0.2, -0.15) is 0 Å². The van der Waals surface area contributed by atoms with Gasteiger partial charge in [0.05, 0.1) is 17.6 Å². The molecule has 5 nitrogen and oxygen atoms in total. The molecule has 0 saturated heterocycles. The predicted molar refractivity (Wildman–Crippen MR) is 85.9 cm³/mol. The van der Waals surface area contributed by atoms with Gasteiger partial charge in [0.15, 0.2) is 0 Å². The van der Waals surface area contributed by atoms with Crippen molar-refractivity contribution in [2.75, 3.05) is 5.32 Å². The van der Waals surface area contributed by atoms with E-state index < -0.39 is 0 Å². The van der Waals surface area contributed by atoms with Gasteiger partial charge >= 0.3 is 0 Å². The quantitative estimate of drug-likeness (QED) is 0.441. The molecule has 6 heteroatoms. The van der Waals surface area contributed by atoms with Gasteiger partial charge in [-0.05, 0) is 42.5 Å². The number of nitrogen functional groups attached to an aromatic ring is 1. The molecular weight excluding hydrogens is 286 g/mol. The number of aromatic amines is 1. The van der Waals surface area contributed by atoms with Gasteiger partial charge < -0.3 is 16.0 Å². The summed E-state index contributed by atoms with van der Waals surface area (Å²) in [6.45, 7) is 0.575. The molecule has 0 fully saturated rings. The van der Waals surface area contributed by atoms with E-state index in [2.05, 4.69) is 15.3 Å². The Morgan fingerprint density at radius 1 is 1.24 bits per heavy atom. The summed E-state index contributed by atoms with van der Waals surface area (Å²) in [5, 5.41) is 11.3. The summed E-state index contributed by atoms with van der Waals surface area (Å²) in [6.07, 6.45) is 0. The molecule has 1 aromatic heterocycles. The summed E-state index contributed by atoms with van der Waals surface area (Å²) in [5.74, 6) is 0.902. The molecule has 106 valence electrons. The van der Waals surface area contributed by atoms with Crippen LogP contribution < -0.4 is 11.1 Å². The molecule has 0 atom stereocenters. The number of nitrogens with zero attached hydrogens (tertiary/aromatic N) is 1. The van der Waals surface area contributed by atoms with Gasteiger partial charge in [-0.1, -0.05) is 11.6 Å². The van der Waals surface area contributed by atoms with E-state index in [-0.39, 0.29) is 5.84 Å². The maximum Gasteiger partial charge on any atom is 0.126 e. The Morgan fingerprint density at radius 2 is 2.00 bits per heavy atom. The van der Waals surface area contributed by atoms with Crippen LogP contribution in [0.5, 0.6) is 0 Å². The van der Waals surface area contributed by atoms with E-state index in [1.807, 2.05) is 42.5 Å². The molecule has 0 bridgehead atoms. The number of halogens is 1. The number of benzene rings is 2. The summed E-state index contributed by atoms with van der Waals surface area (Å²) in [4.78, 5) is 7.71. The lowest BCUT2D eigenvalue weighted by Gasteiger charge is -2.05. The fraction of sp³-hybridized carbons (Fsp3) is 0.0667. The lowest BCUT2D eigenvalue weighted by atomic mass is 10.2. The minimum atomic E-state index is 0.0655. The van der Waals surface area contributed by atoms with Crippen molar-refractivity contribution in [1.29, 1.82) is 5.41 Å². The fourth-order valence-corrected chi connectivity index (χ4v) is 2.24. The summed E-state index contributed by atoms with van der Waals surface area (Å²) < 4.78 is 0. The van der Waals surface area contributed by atoms with Crippen LogP contribution in [-0.4, -0.2) is 15.8 Å². The first-order valence-corrected chi connectivity index (χ1v) is 6.82. The van der Waals surface area contributed by atoms with Crippen LogP contribution in [0.25, 0.3) is 11.0 Å². The molecular formula is C15H14ClN5. The highest BCUT2D eigenvalue weighted by Gasteiger charge is 2.03. The lowest BCUT2D eigenvalue weighted by molar-refractivity contribution is 1.01. The third kappa shape index (κ3) is 2.98. The molecule has 0 aliphatic heterocycles. The Kier molecular flexibility index (Phi) is 3.50. The van der Waals surface area contributed by atoms with Crippen molar-refractivity contribution >= 4 is 34.2 Å². The largest absolute Gasteiger partial charge is 0.384 e. The van der Waals surface area contributed by atoms with Gasteiger partial charge in [-0.25, -0.2) is 4.98 Å². The molecule has 3 rings (SSSR count). The number of anilines is 1. The van der Waals surface area contributed by atoms with Crippen molar-refractivity contribution in [1.82, 2.24) is 9.97 Å². The van der Waals surface area contributed by atoms with Gasteiger partial charge in [-0.15, -0.1) is 0 Å². The first kappa shape index (κ1) is 13.5. The topological polar surface area (TPSA) is 90.6 Å². The van der Waals surface area contributed by atoms with Crippen LogP contribution in [0.3, 0.4) is 0 Å². The molecule has 0 radical (unpaired) electrons. The number of amidine groups is 1. The molecule has 21 heavy (non-hydrogen) atoms. The van der Waals surface area contributed by atoms with Crippen LogP contribution >= 0.6 is 11.6 Å². The maximum absolute atomic E-state index is 7.35. The second-order valence-electron chi connectivity index (χ2n) is 4.69. The average Bonchev–Trinajstić information content (AvgIpc) is 2.87. The van der Waals surface area contributed by atoms with E-state index in [0.717, 1.165) is 22.5 Å². The fourth-order valence-electron chi connectivity index (χ4n) is 2.07. The minimum Gasteiger partial charge on any atom is -0.384 e. The summed E-state index contributed by atoms with van der Waals surface area (Å²) in [6, 6.07) is 13.0. The second kappa shape index (κ2) is 5.46. The Labute approximate surface area is 126 Å². The summed E-state index contributed by atoms with van der Waals surface area (Å²) in [7, 11) is 0. The first-order chi connectivity index (χ1) is 10.1. The molecule has 0 aliphatic carbocycles. The van der Waals surface area contributed by atoms with Crippen molar-refractivity contribution in [3.8, 4) is 0 Å². The number of fused-ring (bicyclic) bond motifs is 1. The average molecular weight is 300 g/mol. The number of nitrogens with two attached hydrogens (primary N) is 1. The molecule has 0 aliphatic rings. The number of nitrogens with one attached hydrogen (secondary N) is 3. The maximum atomic E-state index is 7.35. The highest BCUT2D eigenvalue weighted by molar-refractivity contribution is 6.31. The van der Waals surface area contributed by atoms with E-state index in [9.17, 15) is 0 Å². The molecule has 2 aromatic carbocycles. The van der Waals surface area contributed by atoms with Crippen LogP contribution in [0.15, 0.2) is 42.5 Å². The van der Waals surface area contributed by atoms with E-state index in [4.69, 9.17) is 22.7 Å².